The van der Waals surface area contributed by atoms with Crippen molar-refractivity contribution in [3.63, 3.8) is 0 Å². The van der Waals surface area contributed by atoms with Crippen molar-refractivity contribution in [1.82, 2.24) is 0 Å². The van der Waals surface area contributed by atoms with Gasteiger partial charge in [0, 0.05) is 5.56 Å². The maximum Gasteiger partial charge on any atom is 0.387 e. The Labute approximate surface area is 95.4 Å². The molecule has 0 aliphatic heterocycles. The molecular weight excluding hydrogens is 232 g/mol. The SMILES string of the molecule is N#C/C(=C/c1ccccc1OC(F)F)C(=O)O. The molecular formula is C11H7F2NO3. The van der Waals surface area contributed by atoms with E-state index in [4.69, 9.17) is 10.4 Å². The summed E-state index contributed by atoms with van der Waals surface area (Å²) >= 11 is 0. The van der Waals surface area contributed by atoms with Crippen LogP contribution in [0.15, 0.2) is 29.8 Å². The molecule has 0 bridgehead atoms. The van der Waals surface area contributed by atoms with Crippen LogP contribution in [0.4, 0.5) is 8.78 Å². The number of nitriles is 1. The third-order valence-electron chi connectivity index (χ3n) is 1.79. The Kier molecular flexibility index (Phi) is 4.17. The Balaban J connectivity index is 3.14. The maximum atomic E-state index is 12.1. The summed E-state index contributed by atoms with van der Waals surface area (Å²) in [5, 5.41) is 17.2. The van der Waals surface area contributed by atoms with Crippen molar-refractivity contribution in [3.05, 3.63) is 35.4 Å². The van der Waals surface area contributed by atoms with Gasteiger partial charge in [-0.05, 0) is 12.1 Å². The monoisotopic (exact) mass is 239 g/mol. The minimum absolute atomic E-state index is 0.103. The van der Waals surface area contributed by atoms with Crippen LogP contribution in [0.2, 0.25) is 0 Å². The van der Waals surface area contributed by atoms with E-state index in [9.17, 15) is 13.6 Å². The van der Waals surface area contributed by atoms with E-state index in [1.165, 1.54) is 30.3 Å². The lowest BCUT2D eigenvalue weighted by atomic mass is 10.1. The van der Waals surface area contributed by atoms with Crippen LogP contribution in [-0.4, -0.2) is 17.7 Å². The number of ether oxygens (including phenoxy) is 1. The molecule has 0 heterocycles. The third-order valence-corrected chi connectivity index (χ3v) is 1.79. The van der Waals surface area contributed by atoms with Crippen LogP contribution in [0, 0.1) is 11.3 Å². The minimum atomic E-state index is -3.01. The molecule has 0 saturated carbocycles. The van der Waals surface area contributed by atoms with Crippen LogP contribution in [0.1, 0.15) is 5.56 Å². The number of alkyl halides is 2. The third kappa shape index (κ3) is 3.57. The van der Waals surface area contributed by atoms with E-state index in [-0.39, 0.29) is 11.3 Å². The predicted molar refractivity (Wildman–Crippen MR) is 54.3 cm³/mol. The summed E-state index contributed by atoms with van der Waals surface area (Å²) in [5.74, 6) is -1.61. The molecule has 0 fully saturated rings. The Morgan fingerprint density at radius 2 is 2.12 bits per heavy atom. The van der Waals surface area contributed by atoms with Crippen LogP contribution in [0.5, 0.6) is 5.75 Å². The molecule has 0 aliphatic carbocycles. The van der Waals surface area contributed by atoms with Crippen LogP contribution in [0.3, 0.4) is 0 Å². The number of carboxylic acids is 1. The van der Waals surface area contributed by atoms with E-state index in [0.29, 0.717) is 0 Å². The fourth-order valence-corrected chi connectivity index (χ4v) is 1.10. The highest BCUT2D eigenvalue weighted by atomic mass is 19.3. The van der Waals surface area contributed by atoms with E-state index in [0.717, 1.165) is 6.08 Å². The summed E-state index contributed by atoms with van der Waals surface area (Å²) in [6.07, 6.45) is 0.972. The second kappa shape index (κ2) is 5.61. The molecule has 0 aliphatic rings. The Hall–Kier alpha value is -2.42. The number of aliphatic carboxylic acids is 1. The van der Waals surface area contributed by atoms with Gasteiger partial charge in [0.2, 0.25) is 0 Å². The minimum Gasteiger partial charge on any atom is -0.477 e. The average Bonchev–Trinajstić information content (AvgIpc) is 2.26. The largest absolute Gasteiger partial charge is 0.477 e. The molecule has 1 N–H and O–H groups in total. The van der Waals surface area contributed by atoms with Gasteiger partial charge in [-0.15, -0.1) is 0 Å². The maximum absolute atomic E-state index is 12.1. The van der Waals surface area contributed by atoms with Gasteiger partial charge < -0.3 is 9.84 Å². The summed E-state index contributed by atoms with van der Waals surface area (Å²) in [6.45, 7) is -3.01. The lowest BCUT2D eigenvalue weighted by Gasteiger charge is -2.07. The van der Waals surface area contributed by atoms with Gasteiger partial charge in [0.15, 0.2) is 0 Å². The van der Waals surface area contributed by atoms with E-state index in [1.54, 1.807) is 0 Å². The van der Waals surface area contributed by atoms with Crippen molar-refractivity contribution in [2.24, 2.45) is 0 Å². The highest BCUT2D eigenvalue weighted by molar-refractivity contribution is 5.96. The van der Waals surface area contributed by atoms with Gasteiger partial charge in [0.1, 0.15) is 17.4 Å². The average molecular weight is 239 g/mol. The van der Waals surface area contributed by atoms with Gasteiger partial charge in [-0.1, -0.05) is 18.2 Å². The number of carbonyl (C=O) groups is 1. The highest BCUT2D eigenvalue weighted by Gasteiger charge is 2.11. The number of rotatable bonds is 4. The molecule has 17 heavy (non-hydrogen) atoms. The van der Waals surface area contributed by atoms with E-state index in [1.807, 2.05) is 0 Å². The smallest absolute Gasteiger partial charge is 0.387 e. The summed E-state index contributed by atoms with van der Waals surface area (Å²) in [7, 11) is 0. The van der Waals surface area contributed by atoms with Crippen molar-refractivity contribution in [3.8, 4) is 11.8 Å². The van der Waals surface area contributed by atoms with Gasteiger partial charge >= 0.3 is 12.6 Å². The highest BCUT2D eigenvalue weighted by Crippen LogP contribution is 2.22. The first-order valence-corrected chi connectivity index (χ1v) is 4.43. The summed E-state index contributed by atoms with van der Waals surface area (Å²) in [4.78, 5) is 10.6. The molecule has 0 unspecified atom stereocenters. The summed E-state index contributed by atoms with van der Waals surface area (Å²) in [5.41, 5.74) is -0.456. The molecule has 6 heteroatoms. The standard InChI is InChI=1S/C11H7F2NO3/c12-11(13)17-9-4-2-1-3-7(9)5-8(6-14)10(15)16/h1-5,11H,(H,15,16)/b8-5-. The Morgan fingerprint density at radius 3 is 2.65 bits per heavy atom. The zero-order valence-electron chi connectivity index (χ0n) is 8.43. The van der Waals surface area contributed by atoms with Crippen LogP contribution in [-0.2, 0) is 4.79 Å². The Bertz CT molecular complexity index is 492. The van der Waals surface area contributed by atoms with Crippen LogP contribution >= 0.6 is 0 Å². The first kappa shape index (κ1) is 12.6. The van der Waals surface area contributed by atoms with Crippen molar-refractivity contribution >= 4 is 12.0 Å². The lowest BCUT2D eigenvalue weighted by Crippen LogP contribution is -2.04. The van der Waals surface area contributed by atoms with E-state index < -0.39 is 18.2 Å². The molecule has 0 saturated heterocycles. The number of nitrogens with zero attached hydrogens (tertiary/aromatic N) is 1. The molecule has 0 spiro atoms. The van der Waals surface area contributed by atoms with Crippen LogP contribution in [0.25, 0.3) is 6.08 Å². The molecule has 0 aromatic heterocycles. The fourth-order valence-electron chi connectivity index (χ4n) is 1.10. The van der Waals surface area contributed by atoms with Gasteiger partial charge in [0.05, 0.1) is 0 Å². The molecule has 88 valence electrons. The fraction of sp³-hybridized carbons (Fsp3) is 0.0909. The molecule has 1 aromatic carbocycles. The van der Waals surface area contributed by atoms with Crippen molar-refractivity contribution in [2.45, 2.75) is 6.61 Å². The van der Waals surface area contributed by atoms with Gasteiger partial charge in [-0.3, -0.25) is 0 Å². The second-order valence-electron chi connectivity index (χ2n) is 2.89. The van der Waals surface area contributed by atoms with Gasteiger partial charge in [-0.2, -0.15) is 14.0 Å². The molecule has 1 aromatic rings. The quantitative estimate of drug-likeness (QED) is 0.646. The second-order valence-corrected chi connectivity index (χ2v) is 2.89. The van der Waals surface area contributed by atoms with Gasteiger partial charge in [-0.25, -0.2) is 4.79 Å². The zero-order valence-corrected chi connectivity index (χ0v) is 8.43. The molecule has 1 rings (SSSR count). The first-order chi connectivity index (χ1) is 8.04. The number of carboxylic acid groups (broad SMARTS) is 1. The molecule has 4 nitrogen and oxygen atoms in total. The van der Waals surface area contributed by atoms with Crippen molar-refractivity contribution in [2.75, 3.05) is 0 Å². The lowest BCUT2D eigenvalue weighted by molar-refractivity contribution is -0.132. The number of hydrogen-bond acceptors (Lipinski definition) is 3. The number of benzene rings is 1. The normalized spacial score (nSPS) is 11.1. The first-order valence-electron chi connectivity index (χ1n) is 4.43. The summed E-state index contributed by atoms with van der Waals surface area (Å²) < 4.78 is 28.3. The van der Waals surface area contributed by atoms with E-state index >= 15 is 0 Å². The van der Waals surface area contributed by atoms with E-state index in [2.05, 4.69) is 4.74 Å². The topological polar surface area (TPSA) is 70.3 Å². The number of para-hydroxylation sites is 1. The van der Waals surface area contributed by atoms with Crippen molar-refractivity contribution < 1.29 is 23.4 Å². The van der Waals surface area contributed by atoms with Gasteiger partial charge in [0.25, 0.3) is 0 Å². The van der Waals surface area contributed by atoms with Crippen LogP contribution < -0.4 is 4.74 Å². The molecule has 0 amide bonds. The Morgan fingerprint density at radius 1 is 1.47 bits per heavy atom. The molecule has 0 atom stereocenters. The van der Waals surface area contributed by atoms with Crippen molar-refractivity contribution in [1.29, 1.82) is 5.26 Å². The molecule has 0 radical (unpaired) electrons. The summed E-state index contributed by atoms with van der Waals surface area (Å²) in [6, 6.07) is 7.06. The predicted octanol–water partition coefficient (Wildman–Crippen LogP) is 2.28. The zero-order chi connectivity index (χ0) is 12.8. The number of halogens is 2. The number of hydrogen-bond donors (Lipinski definition) is 1.